The molecule has 1 N–H and O–H groups in total. The Kier molecular flexibility index (Phi) is 4.35. The van der Waals surface area contributed by atoms with E-state index in [1.807, 2.05) is 12.1 Å². The number of anilines is 1. The van der Waals surface area contributed by atoms with E-state index in [-0.39, 0.29) is 0 Å². The van der Waals surface area contributed by atoms with Crippen LogP contribution in [0.1, 0.15) is 30.0 Å². The van der Waals surface area contributed by atoms with Gasteiger partial charge in [-0.25, -0.2) is 0 Å². The molecule has 0 aromatic heterocycles. The van der Waals surface area contributed by atoms with E-state index in [0.717, 1.165) is 48.0 Å². The second kappa shape index (κ2) is 6.40. The van der Waals surface area contributed by atoms with E-state index in [1.165, 1.54) is 17.5 Å². The third-order valence-corrected chi connectivity index (χ3v) is 4.02. The van der Waals surface area contributed by atoms with E-state index < -0.39 is 0 Å². The van der Waals surface area contributed by atoms with Crippen LogP contribution in [0.15, 0.2) is 36.4 Å². The van der Waals surface area contributed by atoms with Crippen LogP contribution in [0.4, 0.5) is 5.69 Å². The molecular weight excluding hydrogens is 282 g/mol. The minimum atomic E-state index is 0.732. The lowest BCUT2D eigenvalue weighted by atomic mass is 10.1. The lowest BCUT2D eigenvalue weighted by Gasteiger charge is -2.11. The van der Waals surface area contributed by atoms with Crippen LogP contribution >= 0.6 is 11.6 Å². The first-order valence-corrected chi connectivity index (χ1v) is 7.91. The number of halogens is 1. The molecule has 1 heterocycles. The fourth-order valence-electron chi connectivity index (χ4n) is 2.75. The number of aryl methyl sites for hydroxylation is 1. The summed E-state index contributed by atoms with van der Waals surface area (Å²) in [5.41, 5.74) is 4.86. The third-order valence-electron chi connectivity index (χ3n) is 3.80. The van der Waals surface area contributed by atoms with Gasteiger partial charge in [-0.1, -0.05) is 37.1 Å². The molecule has 1 aliphatic rings. The quantitative estimate of drug-likeness (QED) is 0.853. The Morgan fingerprint density at radius 3 is 2.76 bits per heavy atom. The minimum absolute atomic E-state index is 0.732. The normalized spacial score (nSPS) is 12.9. The number of hydrogen-bond donors (Lipinski definition) is 1. The molecule has 0 spiro atoms. The SMILES string of the molecule is CCCc1ccc(NCc2cc(Cl)cc3c2OCC3)cc1. The molecule has 2 aromatic carbocycles. The maximum Gasteiger partial charge on any atom is 0.127 e. The van der Waals surface area contributed by atoms with Crippen LogP contribution in [-0.4, -0.2) is 6.61 Å². The van der Waals surface area contributed by atoms with E-state index in [1.54, 1.807) is 0 Å². The van der Waals surface area contributed by atoms with Gasteiger partial charge in [0.15, 0.2) is 0 Å². The van der Waals surface area contributed by atoms with E-state index in [9.17, 15) is 0 Å². The summed E-state index contributed by atoms with van der Waals surface area (Å²) < 4.78 is 5.73. The van der Waals surface area contributed by atoms with E-state index >= 15 is 0 Å². The maximum atomic E-state index is 6.18. The van der Waals surface area contributed by atoms with Crippen LogP contribution in [0.3, 0.4) is 0 Å². The zero-order chi connectivity index (χ0) is 14.7. The summed E-state index contributed by atoms with van der Waals surface area (Å²) >= 11 is 6.18. The highest BCUT2D eigenvalue weighted by Crippen LogP contribution is 2.33. The van der Waals surface area contributed by atoms with Crippen molar-refractivity contribution in [3.8, 4) is 5.75 Å². The molecule has 2 aromatic rings. The highest BCUT2D eigenvalue weighted by atomic mass is 35.5. The summed E-state index contributed by atoms with van der Waals surface area (Å²) in [6.07, 6.45) is 3.27. The van der Waals surface area contributed by atoms with Gasteiger partial charge in [-0.15, -0.1) is 0 Å². The Labute approximate surface area is 131 Å². The minimum Gasteiger partial charge on any atom is -0.493 e. The molecule has 1 aliphatic heterocycles. The Bertz CT molecular complexity index is 622. The molecule has 2 nitrogen and oxygen atoms in total. The highest BCUT2D eigenvalue weighted by molar-refractivity contribution is 6.30. The largest absolute Gasteiger partial charge is 0.493 e. The maximum absolute atomic E-state index is 6.18. The van der Waals surface area contributed by atoms with Crippen molar-refractivity contribution in [2.24, 2.45) is 0 Å². The second-order valence-corrected chi connectivity index (χ2v) is 5.89. The fourth-order valence-corrected chi connectivity index (χ4v) is 3.02. The van der Waals surface area contributed by atoms with Crippen molar-refractivity contribution < 1.29 is 4.74 Å². The monoisotopic (exact) mass is 301 g/mol. The highest BCUT2D eigenvalue weighted by Gasteiger charge is 2.17. The molecule has 110 valence electrons. The van der Waals surface area contributed by atoms with Crippen molar-refractivity contribution in [2.45, 2.75) is 32.7 Å². The number of ether oxygens (including phenoxy) is 1. The summed E-state index contributed by atoms with van der Waals surface area (Å²) in [6, 6.07) is 12.6. The molecule has 0 saturated carbocycles. The van der Waals surface area contributed by atoms with Crippen molar-refractivity contribution in [3.05, 3.63) is 58.1 Å². The number of fused-ring (bicyclic) bond motifs is 1. The number of rotatable bonds is 5. The number of benzene rings is 2. The zero-order valence-electron chi connectivity index (χ0n) is 12.3. The molecule has 0 saturated heterocycles. The fraction of sp³-hybridized carbons (Fsp3) is 0.333. The first-order valence-electron chi connectivity index (χ1n) is 7.53. The molecule has 0 unspecified atom stereocenters. The van der Waals surface area contributed by atoms with Crippen molar-refractivity contribution in [2.75, 3.05) is 11.9 Å². The standard InChI is InChI=1S/C18H20ClNO/c1-2-3-13-4-6-17(7-5-13)20-12-15-11-16(19)10-14-8-9-21-18(14)15/h4-7,10-11,20H,2-3,8-9,12H2,1H3. The molecule has 0 bridgehead atoms. The van der Waals surface area contributed by atoms with Gasteiger partial charge >= 0.3 is 0 Å². The van der Waals surface area contributed by atoms with Gasteiger partial charge in [0.25, 0.3) is 0 Å². The molecule has 3 rings (SSSR count). The third kappa shape index (κ3) is 3.33. The summed E-state index contributed by atoms with van der Waals surface area (Å²) in [4.78, 5) is 0. The predicted octanol–water partition coefficient (Wildman–Crippen LogP) is 4.84. The van der Waals surface area contributed by atoms with Gasteiger partial charge in [0.05, 0.1) is 6.61 Å². The molecule has 0 aliphatic carbocycles. The van der Waals surface area contributed by atoms with E-state index in [0.29, 0.717) is 0 Å². The van der Waals surface area contributed by atoms with Gasteiger partial charge in [0.1, 0.15) is 5.75 Å². The van der Waals surface area contributed by atoms with E-state index in [2.05, 4.69) is 36.5 Å². The van der Waals surface area contributed by atoms with Crippen LogP contribution in [-0.2, 0) is 19.4 Å². The van der Waals surface area contributed by atoms with Crippen molar-refractivity contribution in [1.29, 1.82) is 0 Å². The van der Waals surface area contributed by atoms with Crippen LogP contribution in [0, 0.1) is 0 Å². The average Bonchev–Trinajstić information content (AvgIpc) is 2.94. The Morgan fingerprint density at radius 1 is 1.19 bits per heavy atom. The van der Waals surface area contributed by atoms with Gasteiger partial charge in [0, 0.05) is 29.2 Å². The van der Waals surface area contributed by atoms with Gasteiger partial charge < -0.3 is 10.1 Å². The Balaban J connectivity index is 1.70. The molecule has 0 atom stereocenters. The molecular formula is C18H20ClNO. The summed E-state index contributed by atoms with van der Waals surface area (Å²) in [5.74, 6) is 1.01. The lowest BCUT2D eigenvalue weighted by molar-refractivity contribution is 0.354. The smallest absolute Gasteiger partial charge is 0.127 e. The van der Waals surface area contributed by atoms with Gasteiger partial charge in [0.2, 0.25) is 0 Å². The van der Waals surface area contributed by atoms with Crippen LogP contribution in [0.5, 0.6) is 5.75 Å². The molecule has 3 heteroatoms. The van der Waals surface area contributed by atoms with Gasteiger partial charge in [-0.05, 0) is 41.8 Å². The van der Waals surface area contributed by atoms with Gasteiger partial charge in [-0.2, -0.15) is 0 Å². The topological polar surface area (TPSA) is 21.3 Å². The molecule has 21 heavy (non-hydrogen) atoms. The van der Waals surface area contributed by atoms with Crippen LogP contribution in [0.2, 0.25) is 5.02 Å². The van der Waals surface area contributed by atoms with Crippen molar-refractivity contribution >= 4 is 17.3 Å². The Hall–Kier alpha value is -1.67. The molecule has 0 radical (unpaired) electrons. The zero-order valence-corrected chi connectivity index (χ0v) is 13.0. The first kappa shape index (κ1) is 14.3. The number of hydrogen-bond acceptors (Lipinski definition) is 2. The summed E-state index contributed by atoms with van der Waals surface area (Å²) in [5, 5.41) is 4.23. The molecule has 0 fully saturated rings. The first-order chi connectivity index (χ1) is 10.3. The van der Waals surface area contributed by atoms with Gasteiger partial charge in [-0.3, -0.25) is 0 Å². The molecule has 0 amide bonds. The van der Waals surface area contributed by atoms with E-state index in [4.69, 9.17) is 16.3 Å². The Morgan fingerprint density at radius 2 is 2.00 bits per heavy atom. The summed E-state index contributed by atoms with van der Waals surface area (Å²) in [7, 11) is 0. The van der Waals surface area contributed by atoms with Crippen LogP contribution < -0.4 is 10.1 Å². The lowest BCUT2D eigenvalue weighted by Crippen LogP contribution is -2.01. The average molecular weight is 302 g/mol. The van der Waals surface area contributed by atoms with Crippen molar-refractivity contribution in [3.63, 3.8) is 0 Å². The van der Waals surface area contributed by atoms with Crippen LogP contribution in [0.25, 0.3) is 0 Å². The van der Waals surface area contributed by atoms with Crippen molar-refractivity contribution in [1.82, 2.24) is 0 Å². The predicted molar refractivity (Wildman–Crippen MR) is 88.4 cm³/mol. The summed E-state index contributed by atoms with van der Waals surface area (Å²) in [6.45, 7) is 3.69. The second-order valence-electron chi connectivity index (χ2n) is 5.45. The number of nitrogens with one attached hydrogen (secondary N) is 1.